The molecule has 6 nitrogen and oxygen atoms in total. The summed E-state index contributed by atoms with van der Waals surface area (Å²) in [6.07, 6.45) is 0. The average molecular weight is 336 g/mol. The lowest BCUT2D eigenvalue weighted by Gasteiger charge is -2.18. The summed E-state index contributed by atoms with van der Waals surface area (Å²) in [6.45, 7) is 0.0517. The molecule has 25 heavy (non-hydrogen) atoms. The largest absolute Gasteiger partial charge is 0.384 e. The van der Waals surface area contributed by atoms with Crippen LogP contribution < -0.4 is 16.2 Å². The Morgan fingerprint density at radius 3 is 2.64 bits per heavy atom. The molecule has 2 heterocycles. The monoisotopic (exact) mass is 336 g/mol. The molecule has 0 atom stereocenters. The van der Waals surface area contributed by atoms with E-state index in [-0.39, 0.29) is 40.4 Å². The highest BCUT2D eigenvalue weighted by Gasteiger charge is 2.31. The summed E-state index contributed by atoms with van der Waals surface area (Å²) in [6, 6.07) is 12.9. The number of H-pyrrole nitrogens is 1. The van der Waals surface area contributed by atoms with E-state index in [4.69, 9.17) is 5.73 Å². The molecule has 0 saturated carbocycles. The fourth-order valence-corrected chi connectivity index (χ4v) is 2.91. The first-order valence-electron chi connectivity index (χ1n) is 7.60. The van der Waals surface area contributed by atoms with E-state index in [1.165, 1.54) is 12.1 Å². The van der Waals surface area contributed by atoms with Gasteiger partial charge in [0, 0.05) is 11.8 Å². The lowest BCUT2D eigenvalue weighted by molar-refractivity contribution is -0.112. The number of nitrogens with one attached hydrogen (secondary N) is 1. The first-order valence-corrected chi connectivity index (χ1v) is 7.60. The quantitative estimate of drug-likeness (QED) is 0.744. The second-order valence-corrected chi connectivity index (χ2v) is 5.68. The van der Waals surface area contributed by atoms with Crippen LogP contribution in [0.15, 0.2) is 59.1 Å². The molecule has 0 radical (unpaired) electrons. The van der Waals surface area contributed by atoms with Gasteiger partial charge in [0.25, 0.3) is 5.56 Å². The zero-order valence-corrected chi connectivity index (χ0v) is 13.0. The third-order valence-corrected chi connectivity index (χ3v) is 4.10. The van der Waals surface area contributed by atoms with Crippen molar-refractivity contribution in [3.8, 4) is 0 Å². The number of carbonyl (C=O) groups is 1. The molecular formula is C18H13FN4O2. The van der Waals surface area contributed by atoms with Crippen molar-refractivity contribution in [1.82, 2.24) is 9.97 Å². The highest BCUT2D eigenvalue weighted by atomic mass is 19.1. The van der Waals surface area contributed by atoms with Gasteiger partial charge in [-0.25, -0.2) is 9.37 Å². The molecule has 1 aromatic heterocycles. The molecule has 124 valence electrons. The maximum atomic E-state index is 13.4. The summed E-state index contributed by atoms with van der Waals surface area (Å²) < 4.78 is 13.4. The van der Waals surface area contributed by atoms with Crippen LogP contribution in [0.4, 0.5) is 10.1 Å². The van der Waals surface area contributed by atoms with Crippen molar-refractivity contribution in [2.45, 2.75) is 0 Å². The maximum absolute atomic E-state index is 13.4. The Labute approximate surface area is 141 Å². The first kappa shape index (κ1) is 15.1. The number of benzene rings is 2. The van der Waals surface area contributed by atoms with Gasteiger partial charge in [-0.3, -0.25) is 9.59 Å². The normalized spacial score (nSPS) is 14.6. The first-order chi connectivity index (χ1) is 12.0. The fourth-order valence-electron chi connectivity index (χ4n) is 2.91. The molecule has 7 heteroatoms. The number of carbonyl (C=O) groups excluding carboxylic acids is 1. The highest BCUT2D eigenvalue weighted by molar-refractivity contribution is 6.25. The number of fused-ring (bicyclic) bond motifs is 1. The molecule has 4 rings (SSSR count). The molecule has 3 aromatic rings. The third-order valence-electron chi connectivity index (χ3n) is 4.10. The summed E-state index contributed by atoms with van der Waals surface area (Å²) in [4.78, 5) is 33.1. The van der Waals surface area contributed by atoms with E-state index in [0.29, 0.717) is 0 Å². The summed E-state index contributed by atoms with van der Waals surface area (Å²) in [5.41, 5.74) is 6.76. The molecule has 0 amide bonds. The van der Waals surface area contributed by atoms with Gasteiger partial charge in [0.15, 0.2) is 5.78 Å². The number of para-hydroxylation sites is 1. The van der Waals surface area contributed by atoms with Gasteiger partial charge in [0.1, 0.15) is 23.0 Å². The zero-order chi connectivity index (χ0) is 17.6. The van der Waals surface area contributed by atoms with Crippen molar-refractivity contribution in [1.29, 1.82) is 0 Å². The van der Waals surface area contributed by atoms with Gasteiger partial charge in [0.2, 0.25) is 0 Å². The van der Waals surface area contributed by atoms with Crippen LogP contribution in [0.1, 0.15) is 5.82 Å². The van der Waals surface area contributed by atoms with E-state index in [9.17, 15) is 14.0 Å². The van der Waals surface area contributed by atoms with Gasteiger partial charge in [-0.1, -0.05) is 18.2 Å². The molecule has 0 fully saturated rings. The molecular weight excluding hydrogens is 323 g/mol. The smallest absolute Gasteiger partial charge is 0.259 e. The van der Waals surface area contributed by atoms with Crippen molar-refractivity contribution in [2.75, 3.05) is 11.4 Å². The standard InChI is InChI=1S/C18H13FN4O2/c19-10-6-7-12-13(8-10)21-17(22-18(12)25)15-14(24)9-23(16(15)20)11-4-2-1-3-5-11/h1-8H,9,20H2,(H,21,22,25). The topological polar surface area (TPSA) is 92.1 Å². The number of Topliss-reactive ketones (excluding diaryl/α,β-unsaturated/α-hetero) is 1. The van der Waals surface area contributed by atoms with Crippen LogP contribution in [-0.4, -0.2) is 22.3 Å². The van der Waals surface area contributed by atoms with Crippen molar-refractivity contribution < 1.29 is 9.18 Å². The second-order valence-electron chi connectivity index (χ2n) is 5.68. The number of nitrogens with two attached hydrogens (primary N) is 1. The van der Waals surface area contributed by atoms with Crippen molar-refractivity contribution >= 4 is 27.9 Å². The molecule has 2 aromatic carbocycles. The average Bonchev–Trinajstić information content (AvgIpc) is 2.89. The minimum Gasteiger partial charge on any atom is -0.384 e. The van der Waals surface area contributed by atoms with Crippen molar-refractivity contribution in [3.05, 3.63) is 76.3 Å². The number of aromatic nitrogens is 2. The van der Waals surface area contributed by atoms with E-state index >= 15 is 0 Å². The van der Waals surface area contributed by atoms with Crippen LogP contribution in [0.3, 0.4) is 0 Å². The van der Waals surface area contributed by atoms with Crippen molar-refractivity contribution in [3.63, 3.8) is 0 Å². The Kier molecular flexibility index (Phi) is 3.35. The molecule has 0 aliphatic carbocycles. The van der Waals surface area contributed by atoms with Gasteiger partial charge < -0.3 is 15.6 Å². The molecule has 0 saturated heterocycles. The number of halogens is 1. The number of rotatable bonds is 2. The highest BCUT2D eigenvalue weighted by Crippen LogP contribution is 2.28. The van der Waals surface area contributed by atoms with E-state index in [1.807, 2.05) is 30.3 Å². The fraction of sp³-hybridized carbons (Fsp3) is 0.0556. The van der Waals surface area contributed by atoms with Crippen LogP contribution in [0, 0.1) is 5.82 Å². The van der Waals surface area contributed by atoms with Crippen LogP contribution in [0.2, 0.25) is 0 Å². The van der Waals surface area contributed by atoms with Crippen molar-refractivity contribution in [2.24, 2.45) is 5.73 Å². The zero-order valence-electron chi connectivity index (χ0n) is 13.0. The number of ketones is 1. The van der Waals surface area contributed by atoms with E-state index in [0.717, 1.165) is 11.8 Å². The Morgan fingerprint density at radius 1 is 1.12 bits per heavy atom. The maximum Gasteiger partial charge on any atom is 0.259 e. The summed E-state index contributed by atoms with van der Waals surface area (Å²) in [7, 11) is 0. The van der Waals surface area contributed by atoms with E-state index in [2.05, 4.69) is 9.97 Å². The minimum absolute atomic E-state index is 0.0454. The van der Waals surface area contributed by atoms with Gasteiger partial charge >= 0.3 is 0 Å². The Morgan fingerprint density at radius 2 is 1.88 bits per heavy atom. The Bertz CT molecular complexity index is 1090. The van der Waals surface area contributed by atoms with Crippen LogP contribution >= 0.6 is 0 Å². The molecule has 3 N–H and O–H groups in total. The summed E-state index contributed by atoms with van der Waals surface area (Å²) >= 11 is 0. The summed E-state index contributed by atoms with van der Waals surface area (Å²) in [5, 5.41) is 0.245. The lowest BCUT2D eigenvalue weighted by Crippen LogP contribution is -2.25. The Hall–Kier alpha value is -3.48. The lowest BCUT2D eigenvalue weighted by atomic mass is 10.1. The number of anilines is 1. The molecule has 1 aliphatic heterocycles. The predicted molar refractivity (Wildman–Crippen MR) is 92.2 cm³/mol. The molecule has 0 bridgehead atoms. The number of hydrogen-bond acceptors (Lipinski definition) is 5. The van der Waals surface area contributed by atoms with E-state index in [1.54, 1.807) is 4.90 Å². The molecule has 0 unspecified atom stereocenters. The molecule has 0 spiro atoms. The SMILES string of the molecule is NC1=C(c2nc3cc(F)ccc3c(=O)[nH]2)C(=O)CN1c1ccccc1. The van der Waals surface area contributed by atoms with Gasteiger partial charge in [-0.2, -0.15) is 0 Å². The third kappa shape index (κ3) is 2.46. The van der Waals surface area contributed by atoms with Gasteiger partial charge in [-0.05, 0) is 24.3 Å². The molecule has 1 aliphatic rings. The van der Waals surface area contributed by atoms with Crippen LogP contribution in [-0.2, 0) is 4.79 Å². The number of aromatic amines is 1. The summed E-state index contributed by atoms with van der Waals surface area (Å²) in [5.74, 6) is -0.526. The number of nitrogens with zero attached hydrogens (tertiary/aromatic N) is 2. The Balaban J connectivity index is 1.88. The number of hydrogen-bond donors (Lipinski definition) is 2. The minimum atomic E-state index is -0.512. The second kappa shape index (κ2) is 5.55. The van der Waals surface area contributed by atoms with Crippen LogP contribution in [0.5, 0.6) is 0 Å². The van der Waals surface area contributed by atoms with Crippen LogP contribution in [0.25, 0.3) is 16.5 Å². The predicted octanol–water partition coefficient (Wildman–Crippen LogP) is 1.78. The van der Waals surface area contributed by atoms with Gasteiger partial charge in [-0.15, -0.1) is 0 Å². The van der Waals surface area contributed by atoms with Gasteiger partial charge in [0.05, 0.1) is 17.4 Å². The van der Waals surface area contributed by atoms with E-state index < -0.39 is 11.4 Å².